The molecular formula is C16H35IN4O2. The molecule has 0 aliphatic carbocycles. The second-order valence-electron chi connectivity index (χ2n) is 6.17. The van der Waals surface area contributed by atoms with Gasteiger partial charge in [0.25, 0.3) is 0 Å². The molecule has 7 heteroatoms. The molecule has 0 radical (unpaired) electrons. The van der Waals surface area contributed by atoms with Crippen molar-refractivity contribution in [3.63, 3.8) is 0 Å². The third-order valence-electron chi connectivity index (χ3n) is 3.99. The predicted octanol–water partition coefficient (Wildman–Crippen LogP) is 1.70. The van der Waals surface area contributed by atoms with Gasteiger partial charge in [-0.15, -0.1) is 24.0 Å². The summed E-state index contributed by atoms with van der Waals surface area (Å²) in [7, 11) is 1.82. The van der Waals surface area contributed by atoms with Crippen LogP contribution in [0.5, 0.6) is 0 Å². The smallest absolute Gasteiger partial charge is 0.191 e. The van der Waals surface area contributed by atoms with E-state index >= 15 is 0 Å². The maximum absolute atomic E-state index is 5.43. The van der Waals surface area contributed by atoms with Crippen molar-refractivity contribution in [2.24, 2.45) is 4.99 Å². The van der Waals surface area contributed by atoms with Crippen LogP contribution in [0.15, 0.2) is 4.99 Å². The van der Waals surface area contributed by atoms with E-state index in [0.717, 1.165) is 71.4 Å². The first-order valence-electron chi connectivity index (χ1n) is 8.45. The average molecular weight is 442 g/mol. The molecule has 1 fully saturated rings. The van der Waals surface area contributed by atoms with E-state index in [0.29, 0.717) is 0 Å². The van der Waals surface area contributed by atoms with Crippen LogP contribution in [0.3, 0.4) is 0 Å². The number of rotatable bonds is 9. The molecule has 0 unspecified atom stereocenters. The molecule has 0 aromatic carbocycles. The van der Waals surface area contributed by atoms with Gasteiger partial charge in [-0.2, -0.15) is 0 Å². The minimum absolute atomic E-state index is 0. The molecule has 2 N–H and O–H groups in total. The summed E-state index contributed by atoms with van der Waals surface area (Å²) < 4.78 is 10.8. The molecule has 1 heterocycles. The lowest BCUT2D eigenvalue weighted by molar-refractivity contribution is -0.00833. The van der Waals surface area contributed by atoms with Gasteiger partial charge in [-0.3, -0.25) is 9.89 Å². The molecule has 0 amide bonds. The molecule has 0 atom stereocenters. The third kappa shape index (κ3) is 9.69. The van der Waals surface area contributed by atoms with Crippen LogP contribution in [-0.4, -0.2) is 76.1 Å². The minimum Gasteiger partial charge on any atom is -0.382 e. The summed E-state index contributed by atoms with van der Waals surface area (Å²) in [6, 6.07) is 0. The molecule has 1 aliphatic rings. The van der Waals surface area contributed by atoms with Gasteiger partial charge in [0.1, 0.15) is 0 Å². The van der Waals surface area contributed by atoms with Gasteiger partial charge < -0.3 is 20.1 Å². The maximum Gasteiger partial charge on any atom is 0.191 e. The van der Waals surface area contributed by atoms with E-state index in [1.165, 1.54) is 0 Å². The van der Waals surface area contributed by atoms with Crippen molar-refractivity contribution in [2.45, 2.75) is 39.2 Å². The fraction of sp³-hybridized carbons (Fsp3) is 0.938. The van der Waals surface area contributed by atoms with Gasteiger partial charge in [-0.05, 0) is 33.6 Å². The maximum atomic E-state index is 5.43. The number of halogens is 1. The zero-order chi connectivity index (χ0) is 16.3. The lowest BCUT2D eigenvalue weighted by Crippen LogP contribution is -2.56. The fourth-order valence-corrected chi connectivity index (χ4v) is 2.48. The second-order valence-corrected chi connectivity index (χ2v) is 6.17. The molecule has 23 heavy (non-hydrogen) atoms. The van der Waals surface area contributed by atoms with E-state index in [4.69, 9.17) is 9.47 Å². The Morgan fingerprint density at radius 1 is 1.22 bits per heavy atom. The summed E-state index contributed by atoms with van der Waals surface area (Å²) in [6.07, 6.45) is 2.17. The Morgan fingerprint density at radius 3 is 2.52 bits per heavy atom. The molecule has 0 spiro atoms. The molecule has 138 valence electrons. The minimum atomic E-state index is 0. The van der Waals surface area contributed by atoms with Crippen LogP contribution in [0.4, 0.5) is 0 Å². The van der Waals surface area contributed by atoms with E-state index < -0.39 is 0 Å². The van der Waals surface area contributed by atoms with Gasteiger partial charge in [-0.25, -0.2) is 0 Å². The largest absolute Gasteiger partial charge is 0.382 e. The van der Waals surface area contributed by atoms with Gasteiger partial charge >= 0.3 is 0 Å². The molecule has 0 aromatic heterocycles. The lowest BCUT2D eigenvalue weighted by Gasteiger charge is -2.41. The predicted molar refractivity (Wildman–Crippen MR) is 107 cm³/mol. The third-order valence-corrected chi connectivity index (χ3v) is 3.99. The van der Waals surface area contributed by atoms with Crippen molar-refractivity contribution in [2.75, 3.05) is 59.7 Å². The van der Waals surface area contributed by atoms with Gasteiger partial charge in [0.2, 0.25) is 0 Å². The zero-order valence-electron chi connectivity index (χ0n) is 15.2. The summed E-state index contributed by atoms with van der Waals surface area (Å²) in [5, 5.41) is 6.80. The molecule has 1 aliphatic heterocycles. The van der Waals surface area contributed by atoms with Crippen molar-refractivity contribution in [3.8, 4) is 0 Å². The summed E-state index contributed by atoms with van der Waals surface area (Å²) in [5.41, 5.74) is 0.0936. The van der Waals surface area contributed by atoms with E-state index in [9.17, 15) is 0 Å². The summed E-state index contributed by atoms with van der Waals surface area (Å²) in [6.45, 7) is 13.6. The number of hydrogen-bond donors (Lipinski definition) is 2. The first-order chi connectivity index (χ1) is 10.6. The van der Waals surface area contributed by atoms with E-state index in [1.807, 2.05) is 14.0 Å². The highest BCUT2D eigenvalue weighted by atomic mass is 127. The van der Waals surface area contributed by atoms with Gasteiger partial charge in [-0.1, -0.05) is 0 Å². The highest BCUT2D eigenvalue weighted by Crippen LogP contribution is 2.14. The first kappa shape index (κ1) is 22.9. The Balaban J connectivity index is 0.00000484. The number of ether oxygens (including phenoxy) is 2. The Kier molecular flexibility index (Phi) is 13.1. The Bertz CT molecular complexity index is 321. The lowest BCUT2D eigenvalue weighted by atomic mass is 10.0. The van der Waals surface area contributed by atoms with Gasteiger partial charge in [0.15, 0.2) is 5.96 Å². The normalized spacial score (nSPS) is 16.8. The summed E-state index contributed by atoms with van der Waals surface area (Å²) in [4.78, 5) is 6.76. The monoisotopic (exact) mass is 442 g/mol. The Morgan fingerprint density at radius 2 is 1.91 bits per heavy atom. The molecule has 0 aromatic rings. The quantitative estimate of drug-likeness (QED) is 0.247. The van der Waals surface area contributed by atoms with Crippen LogP contribution in [0.2, 0.25) is 0 Å². The fourth-order valence-electron chi connectivity index (χ4n) is 2.48. The van der Waals surface area contributed by atoms with Gasteiger partial charge in [0, 0.05) is 52.0 Å². The zero-order valence-corrected chi connectivity index (χ0v) is 17.5. The highest BCUT2D eigenvalue weighted by Gasteiger charge is 2.28. The summed E-state index contributed by atoms with van der Waals surface area (Å²) >= 11 is 0. The van der Waals surface area contributed by atoms with E-state index in [-0.39, 0.29) is 29.5 Å². The summed E-state index contributed by atoms with van der Waals surface area (Å²) in [5.74, 6) is 0.873. The van der Waals surface area contributed by atoms with Gasteiger partial charge in [0.05, 0.1) is 13.2 Å². The number of aliphatic imine (C=N–C) groups is 1. The number of nitrogens with one attached hydrogen (secondary N) is 2. The number of morpholine rings is 1. The van der Waals surface area contributed by atoms with Crippen LogP contribution < -0.4 is 10.6 Å². The number of nitrogens with zero attached hydrogens (tertiary/aromatic N) is 2. The topological polar surface area (TPSA) is 58.1 Å². The van der Waals surface area contributed by atoms with Crippen LogP contribution in [0.1, 0.15) is 33.6 Å². The van der Waals surface area contributed by atoms with Crippen molar-refractivity contribution in [1.29, 1.82) is 0 Å². The standard InChI is InChI=1S/C16H34N4O2.HI/c1-5-21-11-7-6-8-18-15(17-4)19-14-16(2,3)20-9-12-22-13-10-20;/h5-14H2,1-4H3,(H2,17,18,19);1H. The van der Waals surface area contributed by atoms with Crippen LogP contribution in [0, 0.1) is 0 Å². The molecule has 1 saturated heterocycles. The van der Waals surface area contributed by atoms with Crippen molar-refractivity contribution in [3.05, 3.63) is 0 Å². The van der Waals surface area contributed by atoms with Crippen LogP contribution in [-0.2, 0) is 9.47 Å². The molecule has 6 nitrogen and oxygen atoms in total. The number of hydrogen-bond acceptors (Lipinski definition) is 4. The van der Waals surface area contributed by atoms with Crippen molar-refractivity contribution >= 4 is 29.9 Å². The van der Waals surface area contributed by atoms with E-state index in [1.54, 1.807) is 0 Å². The molecule has 0 saturated carbocycles. The highest BCUT2D eigenvalue weighted by molar-refractivity contribution is 14.0. The van der Waals surface area contributed by atoms with E-state index in [2.05, 4.69) is 34.4 Å². The molecule has 1 rings (SSSR count). The van der Waals surface area contributed by atoms with Crippen LogP contribution in [0.25, 0.3) is 0 Å². The molecular weight excluding hydrogens is 407 g/mol. The number of unbranched alkanes of at least 4 members (excludes halogenated alkanes) is 1. The SMILES string of the molecule is CCOCCCCNC(=NC)NCC(C)(C)N1CCOCC1.I. The average Bonchev–Trinajstić information content (AvgIpc) is 2.54. The Hall–Kier alpha value is -0.120. The second kappa shape index (κ2) is 13.2. The van der Waals surface area contributed by atoms with Crippen molar-refractivity contribution in [1.82, 2.24) is 15.5 Å². The van der Waals surface area contributed by atoms with Crippen LogP contribution >= 0.6 is 24.0 Å². The van der Waals surface area contributed by atoms with Crippen molar-refractivity contribution < 1.29 is 9.47 Å². The molecule has 0 bridgehead atoms. The first-order valence-corrected chi connectivity index (χ1v) is 8.45. The number of guanidine groups is 1. The Labute approximate surface area is 158 Å².